The van der Waals surface area contributed by atoms with Gasteiger partial charge < -0.3 is 14.9 Å². The summed E-state index contributed by atoms with van der Waals surface area (Å²) in [6, 6.07) is 1.61. The zero-order valence-corrected chi connectivity index (χ0v) is 10.6. The number of aromatic hydroxyl groups is 1. The van der Waals surface area contributed by atoms with Gasteiger partial charge >= 0.3 is 5.97 Å². The molecule has 17 heavy (non-hydrogen) atoms. The second-order valence-corrected chi connectivity index (χ2v) is 4.04. The van der Waals surface area contributed by atoms with E-state index in [9.17, 15) is 15.0 Å². The number of carbonyl (C=O) groups is 1. The average Bonchev–Trinajstić information content (AvgIpc) is 2.30. The normalized spacial score (nSPS) is 12.3. The van der Waals surface area contributed by atoms with Crippen molar-refractivity contribution in [1.82, 2.24) is 0 Å². The molecule has 0 aromatic heterocycles. The highest BCUT2D eigenvalue weighted by Gasteiger charge is 2.22. The molecule has 0 aliphatic carbocycles. The van der Waals surface area contributed by atoms with E-state index >= 15 is 0 Å². The van der Waals surface area contributed by atoms with Crippen LogP contribution in [0.15, 0.2) is 6.07 Å². The molecule has 1 aromatic rings. The van der Waals surface area contributed by atoms with Crippen molar-refractivity contribution in [2.45, 2.75) is 33.8 Å². The molecule has 0 saturated carbocycles. The van der Waals surface area contributed by atoms with Crippen LogP contribution in [0.3, 0.4) is 0 Å². The Hall–Kier alpha value is -1.55. The van der Waals surface area contributed by atoms with Crippen molar-refractivity contribution >= 4 is 5.97 Å². The lowest BCUT2D eigenvalue weighted by Gasteiger charge is -2.16. The lowest BCUT2D eigenvalue weighted by atomic mass is 9.95. The van der Waals surface area contributed by atoms with Gasteiger partial charge in [0.1, 0.15) is 5.75 Å². The number of phenols is 1. The molecule has 1 unspecified atom stereocenters. The Morgan fingerprint density at radius 2 is 1.94 bits per heavy atom. The van der Waals surface area contributed by atoms with E-state index in [0.29, 0.717) is 22.3 Å². The minimum atomic E-state index is -1.30. The van der Waals surface area contributed by atoms with E-state index in [1.54, 1.807) is 33.8 Å². The van der Waals surface area contributed by atoms with Crippen LogP contribution in [0, 0.1) is 20.8 Å². The fourth-order valence-electron chi connectivity index (χ4n) is 1.73. The highest BCUT2D eigenvalue weighted by molar-refractivity contribution is 5.77. The Labute approximate surface area is 101 Å². The van der Waals surface area contributed by atoms with Crippen molar-refractivity contribution in [3.05, 3.63) is 28.3 Å². The number of aryl methyl sites for hydroxylation is 1. The summed E-state index contributed by atoms with van der Waals surface area (Å²) >= 11 is 0. The van der Waals surface area contributed by atoms with Gasteiger partial charge in [-0.2, -0.15) is 0 Å². The molecule has 0 fully saturated rings. The summed E-state index contributed by atoms with van der Waals surface area (Å²) < 4.78 is 4.77. The van der Waals surface area contributed by atoms with Crippen LogP contribution in [0.4, 0.5) is 0 Å². The van der Waals surface area contributed by atoms with Crippen LogP contribution in [0.5, 0.6) is 5.75 Å². The van der Waals surface area contributed by atoms with E-state index in [-0.39, 0.29) is 12.4 Å². The first-order valence-electron chi connectivity index (χ1n) is 5.54. The van der Waals surface area contributed by atoms with Gasteiger partial charge in [0.2, 0.25) is 0 Å². The topological polar surface area (TPSA) is 66.8 Å². The number of benzene rings is 1. The fraction of sp³-hybridized carbons (Fsp3) is 0.462. The molecular formula is C13H18O4. The lowest BCUT2D eigenvalue weighted by Crippen LogP contribution is -2.17. The molecule has 94 valence electrons. The molecule has 4 heteroatoms. The Morgan fingerprint density at radius 1 is 1.35 bits per heavy atom. The zero-order valence-electron chi connectivity index (χ0n) is 10.6. The average molecular weight is 238 g/mol. The maximum atomic E-state index is 11.5. The Morgan fingerprint density at radius 3 is 2.47 bits per heavy atom. The molecule has 0 bridgehead atoms. The number of hydrogen-bond donors (Lipinski definition) is 2. The van der Waals surface area contributed by atoms with E-state index in [4.69, 9.17) is 4.74 Å². The number of rotatable bonds is 3. The number of aliphatic hydroxyl groups is 1. The van der Waals surface area contributed by atoms with E-state index in [0.717, 1.165) is 0 Å². The standard InChI is InChI=1S/C13H18O4/c1-5-17-13(16)12(15)10-6-7(2)11(14)9(4)8(10)3/h6,12,14-15H,5H2,1-4H3. The smallest absolute Gasteiger partial charge is 0.339 e. The number of hydrogen-bond acceptors (Lipinski definition) is 4. The van der Waals surface area contributed by atoms with E-state index < -0.39 is 12.1 Å². The van der Waals surface area contributed by atoms with Crippen LogP contribution < -0.4 is 0 Å². The van der Waals surface area contributed by atoms with Crippen LogP contribution in [-0.2, 0) is 9.53 Å². The van der Waals surface area contributed by atoms with Gasteiger partial charge in [-0.3, -0.25) is 0 Å². The summed E-state index contributed by atoms with van der Waals surface area (Å²) in [7, 11) is 0. The van der Waals surface area contributed by atoms with Gasteiger partial charge in [0.05, 0.1) is 6.61 Å². The van der Waals surface area contributed by atoms with Crippen molar-refractivity contribution in [2.24, 2.45) is 0 Å². The predicted molar refractivity (Wildman–Crippen MR) is 63.9 cm³/mol. The SMILES string of the molecule is CCOC(=O)C(O)c1cc(C)c(O)c(C)c1C. The summed E-state index contributed by atoms with van der Waals surface area (Å²) in [6.07, 6.45) is -1.30. The Kier molecular flexibility index (Phi) is 4.12. The number of carbonyl (C=O) groups excluding carboxylic acids is 1. The second-order valence-electron chi connectivity index (χ2n) is 4.04. The highest BCUT2D eigenvalue weighted by Crippen LogP contribution is 2.31. The largest absolute Gasteiger partial charge is 0.507 e. The molecule has 0 aliphatic rings. The summed E-state index contributed by atoms with van der Waals surface area (Å²) in [5.74, 6) is -0.470. The fourth-order valence-corrected chi connectivity index (χ4v) is 1.73. The molecule has 0 radical (unpaired) electrons. The first-order chi connectivity index (χ1) is 7.90. The predicted octanol–water partition coefficient (Wildman–Crippen LogP) is 1.91. The van der Waals surface area contributed by atoms with Crippen LogP contribution in [0.1, 0.15) is 35.3 Å². The maximum Gasteiger partial charge on any atom is 0.339 e. The molecule has 1 rings (SSSR count). The molecule has 2 N–H and O–H groups in total. The van der Waals surface area contributed by atoms with Gasteiger partial charge in [-0.15, -0.1) is 0 Å². The maximum absolute atomic E-state index is 11.5. The molecule has 1 aromatic carbocycles. The minimum Gasteiger partial charge on any atom is -0.507 e. The van der Waals surface area contributed by atoms with Crippen molar-refractivity contribution in [3.63, 3.8) is 0 Å². The third-order valence-electron chi connectivity index (χ3n) is 2.90. The van der Waals surface area contributed by atoms with Crippen LogP contribution in [0.2, 0.25) is 0 Å². The first-order valence-corrected chi connectivity index (χ1v) is 5.54. The number of esters is 1. The molecule has 1 atom stereocenters. The summed E-state index contributed by atoms with van der Waals surface area (Å²) in [5, 5.41) is 19.6. The first kappa shape index (κ1) is 13.5. The van der Waals surface area contributed by atoms with Gasteiger partial charge in [-0.1, -0.05) is 0 Å². The number of aliphatic hydroxyl groups excluding tert-OH is 1. The van der Waals surface area contributed by atoms with Gasteiger partial charge in [-0.05, 0) is 56.0 Å². The summed E-state index contributed by atoms with van der Waals surface area (Å²) in [4.78, 5) is 11.5. The summed E-state index contributed by atoms with van der Waals surface area (Å²) in [5.41, 5.74) is 2.49. The lowest BCUT2D eigenvalue weighted by molar-refractivity contribution is -0.153. The molecule has 4 nitrogen and oxygen atoms in total. The number of phenolic OH excluding ortho intramolecular Hbond substituents is 1. The monoisotopic (exact) mass is 238 g/mol. The third-order valence-corrected chi connectivity index (χ3v) is 2.90. The Bertz CT molecular complexity index is 438. The van der Waals surface area contributed by atoms with Crippen molar-refractivity contribution in [1.29, 1.82) is 0 Å². The van der Waals surface area contributed by atoms with Crippen LogP contribution >= 0.6 is 0 Å². The van der Waals surface area contributed by atoms with Gasteiger partial charge in [0.25, 0.3) is 0 Å². The van der Waals surface area contributed by atoms with Crippen molar-refractivity contribution < 1.29 is 19.7 Å². The minimum absolute atomic E-state index is 0.197. The summed E-state index contributed by atoms with van der Waals surface area (Å²) in [6.45, 7) is 7.14. The molecule has 0 aliphatic heterocycles. The van der Waals surface area contributed by atoms with Crippen molar-refractivity contribution in [3.8, 4) is 5.75 Å². The zero-order chi connectivity index (χ0) is 13.2. The Balaban J connectivity index is 3.19. The number of ether oxygens (including phenoxy) is 1. The second kappa shape index (κ2) is 5.19. The van der Waals surface area contributed by atoms with Crippen LogP contribution in [-0.4, -0.2) is 22.8 Å². The molecule has 0 spiro atoms. The van der Waals surface area contributed by atoms with E-state index in [2.05, 4.69) is 0 Å². The van der Waals surface area contributed by atoms with Gasteiger partial charge in [0.15, 0.2) is 6.10 Å². The van der Waals surface area contributed by atoms with Crippen molar-refractivity contribution in [2.75, 3.05) is 6.61 Å². The van der Waals surface area contributed by atoms with Gasteiger partial charge in [0, 0.05) is 0 Å². The van der Waals surface area contributed by atoms with E-state index in [1.807, 2.05) is 0 Å². The molecule has 0 heterocycles. The molecular weight excluding hydrogens is 220 g/mol. The van der Waals surface area contributed by atoms with Crippen LogP contribution in [0.25, 0.3) is 0 Å². The third kappa shape index (κ3) is 2.58. The molecule has 0 amide bonds. The molecule has 0 saturated heterocycles. The highest BCUT2D eigenvalue weighted by atomic mass is 16.5. The van der Waals surface area contributed by atoms with E-state index in [1.165, 1.54) is 0 Å². The quantitative estimate of drug-likeness (QED) is 0.789. The van der Waals surface area contributed by atoms with Gasteiger partial charge in [-0.25, -0.2) is 4.79 Å².